The number of hydrogen-bond acceptors (Lipinski definition) is 3. The molecule has 0 aromatic carbocycles. The van der Waals surface area contributed by atoms with E-state index >= 15 is 0 Å². The Labute approximate surface area is 109 Å². The van der Waals surface area contributed by atoms with Gasteiger partial charge in [-0.2, -0.15) is 11.8 Å². The third-order valence-electron chi connectivity index (χ3n) is 3.43. The first-order valence-electron chi connectivity index (χ1n) is 6.74. The minimum Gasteiger partial charge on any atom is -0.468 e. The highest BCUT2D eigenvalue weighted by Crippen LogP contribution is 2.27. The van der Waals surface area contributed by atoms with Gasteiger partial charge >= 0.3 is 0 Å². The summed E-state index contributed by atoms with van der Waals surface area (Å²) < 4.78 is 5.37. The lowest BCUT2D eigenvalue weighted by molar-refractivity contribution is 0.438. The largest absolute Gasteiger partial charge is 0.468 e. The molecule has 0 saturated heterocycles. The summed E-state index contributed by atoms with van der Waals surface area (Å²) in [6.45, 7) is 3.23. The minimum absolute atomic E-state index is 0.331. The maximum Gasteiger partial charge on any atom is 0.120 e. The van der Waals surface area contributed by atoms with Crippen LogP contribution in [0.25, 0.3) is 0 Å². The van der Waals surface area contributed by atoms with Crippen LogP contribution in [-0.4, -0.2) is 17.5 Å². The predicted molar refractivity (Wildman–Crippen MR) is 74.5 cm³/mol. The smallest absolute Gasteiger partial charge is 0.120 e. The van der Waals surface area contributed by atoms with Gasteiger partial charge in [0.25, 0.3) is 0 Å². The second kappa shape index (κ2) is 7.12. The molecule has 1 heterocycles. The Kier molecular flexibility index (Phi) is 5.46. The Morgan fingerprint density at radius 3 is 2.94 bits per heavy atom. The normalized spacial score (nSPS) is 19.4. The van der Waals surface area contributed by atoms with Crippen LogP contribution in [-0.2, 0) is 0 Å². The Hall–Kier alpha value is -0.410. The molecule has 0 radical (unpaired) electrons. The van der Waals surface area contributed by atoms with Gasteiger partial charge in [-0.15, -0.1) is 0 Å². The van der Waals surface area contributed by atoms with Crippen LogP contribution in [0.4, 0.5) is 0 Å². The van der Waals surface area contributed by atoms with Crippen LogP contribution in [0.2, 0.25) is 0 Å². The molecule has 3 heteroatoms. The standard InChI is InChI=1S/C14H23NOS/c1-12(14-8-5-10-16-14)15-9-11-17-13-6-3-2-4-7-13/h5,8,10,12-13,15H,2-4,6-7,9,11H2,1H3. The number of thioether (sulfide) groups is 1. The highest BCUT2D eigenvalue weighted by Gasteiger charge is 2.13. The van der Waals surface area contributed by atoms with Gasteiger partial charge in [0.15, 0.2) is 0 Å². The summed E-state index contributed by atoms with van der Waals surface area (Å²) >= 11 is 2.14. The van der Waals surface area contributed by atoms with Crippen LogP contribution in [0.15, 0.2) is 22.8 Å². The molecule has 1 saturated carbocycles. The third kappa shape index (κ3) is 4.40. The molecular formula is C14H23NOS. The van der Waals surface area contributed by atoms with E-state index in [1.165, 1.54) is 37.9 Å². The average Bonchev–Trinajstić information content (AvgIpc) is 2.89. The molecular weight excluding hydrogens is 230 g/mol. The second-order valence-corrected chi connectivity index (χ2v) is 6.23. The first-order chi connectivity index (χ1) is 8.36. The van der Waals surface area contributed by atoms with Crippen LogP contribution in [0.3, 0.4) is 0 Å². The summed E-state index contributed by atoms with van der Waals surface area (Å²) in [6.07, 6.45) is 8.92. The van der Waals surface area contributed by atoms with E-state index in [9.17, 15) is 0 Å². The lowest BCUT2D eigenvalue weighted by Gasteiger charge is -2.21. The van der Waals surface area contributed by atoms with E-state index in [2.05, 4.69) is 24.0 Å². The van der Waals surface area contributed by atoms with Crippen molar-refractivity contribution in [3.8, 4) is 0 Å². The molecule has 1 aliphatic carbocycles. The van der Waals surface area contributed by atoms with E-state index in [1.54, 1.807) is 6.26 Å². The van der Waals surface area contributed by atoms with E-state index < -0.39 is 0 Å². The summed E-state index contributed by atoms with van der Waals surface area (Å²) in [5.74, 6) is 2.25. The lowest BCUT2D eigenvalue weighted by atomic mass is 10.0. The molecule has 96 valence electrons. The van der Waals surface area contributed by atoms with Crippen molar-refractivity contribution in [3.05, 3.63) is 24.2 Å². The van der Waals surface area contributed by atoms with Gasteiger partial charge < -0.3 is 9.73 Å². The summed E-state index contributed by atoms with van der Waals surface area (Å²) in [7, 11) is 0. The Bertz CT molecular complexity index is 293. The van der Waals surface area contributed by atoms with Crippen LogP contribution >= 0.6 is 11.8 Å². The summed E-state index contributed by atoms with van der Waals surface area (Å²) in [5, 5.41) is 4.43. The molecule has 1 atom stereocenters. The quantitative estimate of drug-likeness (QED) is 0.776. The number of hydrogen-bond donors (Lipinski definition) is 1. The zero-order valence-electron chi connectivity index (χ0n) is 10.7. The van der Waals surface area contributed by atoms with Crippen molar-refractivity contribution in [1.29, 1.82) is 0 Å². The Balaban J connectivity index is 1.56. The molecule has 1 aromatic rings. The first kappa shape index (κ1) is 13.0. The molecule has 1 unspecified atom stereocenters. The van der Waals surface area contributed by atoms with Gasteiger partial charge in [0, 0.05) is 17.5 Å². The molecule has 0 amide bonds. The number of nitrogens with one attached hydrogen (secondary N) is 1. The number of furan rings is 1. The van der Waals surface area contributed by atoms with Gasteiger partial charge in [0.1, 0.15) is 5.76 Å². The average molecular weight is 253 g/mol. The monoisotopic (exact) mass is 253 g/mol. The molecule has 2 rings (SSSR count). The highest BCUT2D eigenvalue weighted by molar-refractivity contribution is 7.99. The van der Waals surface area contributed by atoms with Crippen molar-refractivity contribution in [2.75, 3.05) is 12.3 Å². The predicted octanol–water partition coefficient (Wildman–Crippen LogP) is 4.00. The SMILES string of the molecule is CC(NCCSC1CCCCC1)c1ccco1. The van der Waals surface area contributed by atoms with E-state index in [-0.39, 0.29) is 0 Å². The third-order valence-corrected chi connectivity index (χ3v) is 4.81. The highest BCUT2D eigenvalue weighted by atomic mass is 32.2. The van der Waals surface area contributed by atoms with Crippen molar-refractivity contribution >= 4 is 11.8 Å². The van der Waals surface area contributed by atoms with Gasteiger partial charge in [-0.3, -0.25) is 0 Å². The zero-order valence-corrected chi connectivity index (χ0v) is 11.5. The molecule has 17 heavy (non-hydrogen) atoms. The van der Waals surface area contributed by atoms with Crippen LogP contribution in [0.1, 0.15) is 50.8 Å². The van der Waals surface area contributed by atoms with E-state index in [0.29, 0.717) is 6.04 Å². The van der Waals surface area contributed by atoms with Gasteiger partial charge in [-0.25, -0.2) is 0 Å². The van der Waals surface area contributed by atoms with Gasteiger partial charge in [0.05, 0.1) is 12.3 Å². The van der Waals surface area contributed by atoms with Crippen LogP contribution < -0.4 is 5.32 Å². The maximum atomic E-state index is 5.37. The van der Waals surface area contributed by atoms with Crippen LogP contribution in [0.5, 0.6) is 0 Å². The molecule has 0 spiro atoms. The molecule has 2 nitrogen and oxygen atoms in total. The zero-order chi connectivity index (χ0) is 11.9. The number of rotatable bonds is 6. The lowest BCUT2D eigenvalue weighted by Crippen LogP contribution is -2.22. The molecule has 1 aromatic heterocycles. The fourth-order valence-corrected chi connectivity index (χ4v) is 3.61. The van der Waals surface area contributed by atoms with Crippen molar-refractivity contribution in [2.45, 2.75) is 50.3 Å². The fourth-order valence-electron chi connectivity index (χ4n) is 2.37. The molecule has 1 fully saturated rings. The first-order valence-corrected chi connectivity index (χ1v) is 7.79. The second-order valence-electron chi connectivity index (χ2n) is 4.82. The van der Waals surface area contributed by atoms with Crippen LogP contribution in [0, 0.1) is 0 Å². The topological polar surface area (TPSA) is 25.2 Å². The van der Waals surface area contributed by atoms with E-state index in [1.807, 2.05) is 12.1 Å². The van der Waals surface area contributed by atoms with Crippen molar-refractivity contribution < 1.29 is 4.42 Å². The molecule has 0 bridgehead atoms. The summed E-state index contributed by atoms with van der Waals surface area (Å²) in [5.41, 5.74) is 0. The molecule has 1 N–H and O–H groups in total. The maximum absolute atomic E-state index is 5.37. The van der Waals surface area contributed by atoms with Crippen molar-refractivity contribution in [1.82, 2.24) is 5.32 Å². The van der Waals surface area contributed by atoms with Crippen molar-refractivity contribution in [2.24, 2.45) is 0 Å². The van der Waals surface area contributed by atoms with E-state index in [0.717, 1.165) is 17.6 Å². The molecule has 1 aliphatic rings. The Morgan fingerprint density at radius 2 is 2.24 bits per heavy atom. The van der Waals surface area contributed by atoms with Gasteiger partial charge in [0.2, 0.25) is 0 Å². The van der Waals surface area contributed by atoms with Gasteiger partial charge in [-0.1, -0.05) is 19.3 Å². The van der Waals surface area contributed by atoms with E-state index in [4.69, 9.17) is 4.42 Å². The summed E-state index contributed by atoms with van der Waals surface area (Å²) in [4.78, 5) is 0. The van der Waals surface area contributed by atoms with Crippen molar-refractivity contribution in [3.63, 3.8) is 0 Å². The van der Waals surface area contributed by atoms with Gasteiger partial charge in [-0.05, 0) is 31.9 Å². The molecule has 0 aliphatic heterocycles. The summed E-state index contributed by atoms with van der Waals surface area (Å²) in [6, 6.07) is 4.31. The Morgan fingerprint density at radius 1 is 1.41 bits per heavy atom. The fraction of sp³-hybridized carbons (Fsp3) is 0.714. The minimum atomic E-state index is 0.331.